The van der Waals surface area contributed by atoms with Gasteiger partial charge in [-0.3, -0.25) is 0 Å². The predicted octanol–water partition coefficient (Wildman–Crippen LogP) is 0.283. The summed E-state index contributed by atoms with van der Waals surface area (Å²) in [5.74, 6) is 0. The lowest BCUT2D eigenvalue weighted by Crippen LogP contribution is -2.24. The van der Waals surface area contributed by atoms with E-state index in [2.05, 4.69) is 18.7 Å². The van der Waals surface area contributed by atoms with Crippen LogP contribution in [0.25, 0.3) is 0 Å². The lowest BCUT2D eigenvalue weighted by atomic mass is 10.4. The van der Waals surface area contributed by atoms with Crippen LogP contribution in [0.15, 0.2) is 0 Å². The molecule has 0 N–H and O–H groups in total. The first kappa shape index (κ1) is 10.5. The number of hydrogen-bond acceptors (Lipinski definition) is 2. The highest BCUT2D eigenvalue weighted by Gasteiger charge is 1.95. The van der Waals surface area contributed by atoms with E-state index in [9.17, 15) is 0 Å². The minimum Gasteiger partial charge on any atom is -0.506 e. The lowest BCUT2D eigenvalue weighted by Gasteiger charge is -2.17. The predicted molar refractivity (Wildman–Crippen MR) is 46.9 cm³/mol. The maximum atomic E-state index is 5.09. The first-order valence-corrected chi connectivity index (χ1v) is 4.88. The molecule has 0 heterocycles. The van der Waals surface area contributed by atoms with E-state index in [1.165, 1.54) is 13.0 Å². The summed E-state index contributed by atoms with van der Waals surface area (Å²) in [4.78, 5) is 2.42. The zero-order chi connectivity index (χ0) is 7.82. The standard InChI is InChI=1S/C7H16NO.Al.2H/c1-3-8(4-2)6-5-7-9;;;/h3-7H2,1-2H3;;;/q-1;+1;;. The summed E-state index contributed by atoms with van der Waals surface area (Å²) in [6.07, 6.45) is 1.19. The van der Waals surface area contributed by atoms with Gasteiger partial charge >= 0.3 is 16.6 Å². The third-order valence-corrected chi connectivity index (χ3v) is 2.13. The fraction of sp³-hybridized carbons (Fsp3) is 1.00. The van der Waals surface area contributed by atoms with Crippen LogP contribution in [0.2, 0.25) is 0 Å². The van der Waals surface area contributed by atoms with Crippen LogP contribution in [0.3, 0.4) is 0 Å². The molecular weight excluding hydrogens is 141 g/mol. The molecule has 0 aliphatic rings. The van der Waals surface area contributed by atoms with E-state index >= 15 is 0 Å². The molecule has 0 aromatic carbocycles. The van der Waals surface area contributed by atoms with Crippen molar-refractivity contribution in [3.05, 3.63) is 0 Å². The van der Waals surface area contributed by atoms with E-state index in [4.69, 9.17) is 3.79 Å². The lowest BCUT2D eigenvalue weighted by molar-refractivity contribution is 0.259. The van der Waals surface area contributed by atoms with E-state index in [1.807, 2.05) is 0 Å². The van der Waals surface area contributed by atoms with Crippen LogP contribution in [-0.4, -0.2) is 47.8 Å². The van der Waals surface area contributed by atoms with Gasteiger partial charge in [-0.2, -0.15) is 0 Å². The Hall–Kier alpha value is 0.452. The number of hydrogen-bond donors (Lipinski definition) is 0. The van der Waals surface area contributed by atoms with Gasteiger partial charge in [0.1, 0.15) is 0 Å². The Morgan fingerprint density at radius 2 is 1.90 bits per heavy atom. The first-order valence-electron chi connectivity index (χ1n) is 4.06. The Morgan fingerprint density at radius 1 is 1.30 bits per heavy atom. The molecule has 0 radical (unpaired) electrons. The number of rotatable bonds is 6. The van der Waals surface area contributed by atoms with E-state index in [0.29, 0.717) is 0 Å². The molecule has 0 amide bonds. The maximum Gasteiger partial charge on any atom is 0.410 e. The summed E-state index contributed by atoms with van der Waals surface area (Å²) in [5, 5.41) is 0. The summed E-state index contributed by atoms with van der Waals surface area (Å²) in [5.41, 5.74) is 0. The summed E-state index contributed by atoms with van der Waals surface area (Å²) in [7, 11) is 0. The molecule has 0 aliphatic heterocycles. The Kier molecular flexibility index (Phi) is 7.90. The van der Waals surface area contributed by atoms with Crippen molar-refractivity contribution in [2.75, 3.05) is 26.2 Å². The second-order valence-electron chi connectivity index (χ2n) is 2.37. The van der Waals surface area contributed by atoms with Crippen molar-refractivity contribution >= 4 is 16.6 Å². The van der Waals surface area contributed by atoms with Gasteiger partial charge in [0.2, 0.25) is 0 Å². The third kappa shape index (κ3) is 5.25. The molecule has 10 heavy (non-hydrogen) atoms. The third-order valence-electron chi connectivity index (χ3n) is 1.72. The van der Waals surface area contributed by atoms with Crippen molar-refractivity contribution in [3.8, 4) is 0 Å². The van der Waals surface area contributed by atoms with Crippen molar-refractivity contribution in [1.29, 1.82) is 0 Å². The van der Waals surface area contributed by atoms with E-state index in [-0.39, 0.29) is 0 Å². The van der Waals surface area contributed by atoms with E-state index in [0.717, 1.165) is 36.3 Å². The Balaban J connectivity index is 3.09. The summed E-state index contributed by atoms with van der Waals surface area (Å²) in [6.45, 7) is 8.86. The van der Waals surface area contributed by atoms with Crippen molar-refractivity contribution in [1.82, 2.24) is 4.90 Å². The van der Waals surface area contributed by atoms with E-state index < -0.39 is 0 Å². The van der Waals surface area contributed by atoms with Crippen LogP contribution in [0, 0.1) is 0 Å². The molecule has 3 heteroatoms. The van der Waals surface area contributed by atoms with Gasteiger partial charge in [-0.1, -0.05) is 13.8 Å². The van der Waals surface area contributed by atoms with Gasteiger partial charge in [0, 0.05) is 13.2 Å². The van der Waals surface area contributed by atoms with Gasteiger partial charge in [-0.15, -0.1) is 0 Å². The van der Waals surface area contributed by atoms with Gasteiger partial charge in [-0.25, -0.2) is 0 Å². The fourth-order valence-electron chi connectivity index (χ4n) is 0.972. The molecule has 0 aromatic rings. The molecule has 0 rings (SSSR count). The molecule has 0 aromatic heterocycles. The molecule has 0 unspecified atom stereocenters. The second-order valence-corrected chi connectivity index (χ2v) is 2.95. The van der Waals surface area contributed by atoms with E-state index in [1.54, 1.807) is 0 Å². The molecule has 0 saturated carbocycles. The topological polar surface area (TPSA) is 12.5 Å². The van der Waals surface area contributed by atoms with Crippen molar-refractivity contribution in [3.63, 3.8) is 0 Å². The Bertz CT molecular complexity index is 66.6. The van der Waals surface area contributed by atoms with Crippen LogP contribution in [0.1, 0.15) is 20.3 Å². The highest BCUT2D eigenvalue weighted by Crippen LogP contribution is 1.89. The highest BCUT2D eigenvalue weighted by atomic mass is 27.1. The normalized spacial score (nSPS) is 10.7. The molecular formula is C7H18AlNO. The molecule has 60 valence electrons. The van der Waals surface area contributed by atoms with Crippen LogP contribution >= 0.6 is 0 Å². The fourth-order valence-corrected chi connectivity index (χ4v) is 1.26. The maximum absolute atomic E-state index is 5.09. The smallest absolute Gasteiger partial charge is 0.410 e. The summed E-state index contributed by atoms with van der Waals surface area (Å²) in [6, 6.07) is 0. The minimum atomic E-state index is 0.884. The van der Waals surface area contributed by atoms with Crippen LogP contribution in [0.4, 0.5) is 0 Å². The minimum absolute atomic E-state index is 0.884. The molecule has 0 spiro atoms. The van der Waals surface area contributed by atoms with Gasteiger partial charge in [0.05, 0.1) is 0 Å². The highest BCUT2D eigenvalue weighted by molar-refractivity contribution is 5.97. The largest absolute Gasteiger partial charge is 0.506 e. The Labute approximate surface area is 72.3 Å². The molecule has 2 nitrogen and oxygen atoms in total. The van der Waals surface area contributed by atoms with Gasteiger partial charge in [-0.05, 0) is 19.5 Å². The zero-order valence-electron chi connectivity index (χ0n) is 7.39. The second kappa shape index (κ2) is 7.56. The molecule has 0 bridgehead atoms. The van der Waals surface area contributed by atoms with Crippen LogP contribution < -0.4 is 0 Å². The molecule has 0 atom stereocenters. The molecule has 0 aliphatic carbocycles. The van der Waals surface area contributed by atoms with Crippen molar-refractivity contribution in [2.24, 2.45) is 0 Å². The first-order chi connectivity index (χ1) is 4.85. The zero-order valence-corrected chi connectivity index (χ0v) is 9.39. The molecule has 0 saturated heterocycles. The van der Waals surface area contributed by atoms with Gasteiger partial charge in [0.25, 0.3) is 0 Å². The SMILES string of the molecule is CCN(CC)CCC[O][AlH2]. The quantitative estimate of drug-likeness (QED) is 0.408. The average molecular weight is 159 g/mol. The van der Waals surface area contributed by atoms with Gasteiger partial charge in [0.15, 0.2) is 0 Å². The number of nitrogens with zero attached hydrogens (tertiary/aromatic N) is 1. The van der Waals surface area contributed by atoms with Crippen LogP contribution in [-0.2, 0) is 3.79 Å². The Morgan fingerprint density at radius 3 is 2.30 bits per heavy atom. The molecule has 0 fully saturated rings. The van der Waals surface area contributed by atoms with Crippen LogP contribution in [0.5, 0.6) is 0 Å². The summed E-state index contributed by atoms with van der Waals surface area (Å²) >= 11 is 0.884. The monoisotopic (exact) mass is 159 g/mol. The van der Waals surface area contributed by atoms with Crippen molar-refractivity contribution in [2.45, 2.75) is 20.3 Å². The summed E-state index contributed by atoms with van der Waals surface area (Å²) < 4.78 is 5.09. The van der Waals surface area contributed by atoms with Crippen molar-refractivity contribution < 1.29 is 3.79 Å². The van der Waals surface area contributed by atoms with Gasteiger partial charge < -0.3 is 8.69 Å². The average Bonchev–Trinajstić information content (AvgIpc) is 1.99.